The highest BCUT2D eigenvalue weighted by molar-refractivity contribution is 6.30. The van der Waals surface area contributed by atoms with E-state index in [2.05, 4.69) is 29.7 Å². The van der Waals surface area contributed by atoms with Crippen LogP contribution in [-0.2, 0) is 4.79 Å². The van der Waals surface area contributed by atoms with Crippen molar-refractivity contribution in [2.75, 3.05) is 16.8 Å². The molecule has 0 aromatic heterocycles. The highest BCUT2D eigenvalue weighted by Crippen LogP contribution is 2.27. The second-order valence-electron chi connectivity index (χ2n) is 7.65. The maximum absolute atomic E-state index is 13.0. The molecule has 3 aromatic carbocycles. The molecule has 0 aliphatic carbocycles. The summed E-state index contributed by atoms with van der Waals surface area (Å²) in [7, 11) is 0. The lowest BCUT2D eigenvalue weighted by atomic mass is 9.99. The Morgan fingerprint density at radius 3 is 2.42 bits per heavy atom. The zero-order valence-corrected chi connectivity index (χ0v) is 18.0. The fraction of sp³-hybridized carbons (Fsp3) is 0.200. The number of nitrogens with one attached hydrogen (secondary N) is 2. The molecule has 0 spiro atoms. The number of rotatable bonds is 4. The number of carbonyl (C=O) groups excluding carboxylic acids is 2. The quantitative estimate of drug-likeness (QED) is 0.559. The van der Waals surface area contributed by atoms with Crippen molar-refractivity contribution in [3.63, 3.8) is 0 Å². The number of hydrogen-bond acceptors (Lipinski definition) is 2. The van der Waals surface area contributed by atoms with Gasteiger partial charge in [-0.15, -0.1) is 0 Å². The monoisotopic (exact) mass is 433 g/mol. The Bertz CT molecular complexity index is 1080. The van der Waals surface area contributed by atoms with Crippen LogP contribution in [0.3, 0.4) is 0 Å². The van der Waals surface area contributed by atoms with Crippen LogP contribution in [0.4, 0.5) is 16.2 Å². The topological polar surface area (TPSA) is 61.4 Å². The smallest absolute Gasteiger partial charge is 0.319 e. The maximum atomic E-state index is 13.0. The molecule has 2 N–H and O–H groups in total. The SMILES string of the molecule is Cc1ccccc1-c1ccc(N2CCC[C@@H](NC(=O)Nc3ccc(Cl)cc3)C2=O)cc1. The summed E-state index contributed by atoms with van der Waals surface area (Å²) in [4.78, 5) is 27.1. The molecule has 31 heavy (non-hydrogen) atoms. The van der Waals surface area contributed by atoms with E-state index < -0.39 is 12.1 Å². The first-order valence-electron chi connectivity index (χ1n) is 10.3. The Hall–Kier alpha value is -3.31. The highest BCUT2D eigenvalue weighted by atomic mass is 35.5. The molecule has 1 aliphatic heterocycles. The van der Waals surface area contributed by atoms with Gasteiger partial charge in [0.1, 0.15) is 6.04 Å². The number of piperidine rings is 1. The zero-order valence-electron chi connectivity index (χ0n) is 17.3. The molecule has 1 heterocycles. The summed E-state index contributed by atoms with van der Waals surface area (Å²) in [5.74, 6) is -0.0962. The number of urea groups is 1. The number of amides is 3. The molecule has 0 radical (unpaired) electrons. The van der Waals surface area contributed by atoms with Crippen LogP contribution in [0.25, 0.3) is 11.1 Å². The third-order valence-electron chi connectivity index (χ3n) is 5.48. The first-order valence-corrected chi connectivity index (χ1v) is 10.7. The number of hydrogen-bond donors (Lipinski definition) is 2. The van der Waals surface area contributed by atoms with E-state index in [1.807, 2.05) is 36.4 Å². The van der Waals surface area contributed by atoms with Crippen LogP contribution in [0.15, 0.2) is 72.8 Å². The number of carbonyl (C=O) groups is 2. The van der Waals surface area contributed by atoms with Crippen molar-refractivity contribution >= 4 is 34.9 Å². The molecule has 0 unspecified atom stereocenters. The second kappa shape index (κ2) is 9.23. The molecule has 1 atom stereocenters. The number of nitrogens with zero attached hydrogens (tertiary/aromatic N) is 1. The van der Waals surface area contributed by atoms with Crippen LogP contribution in [-0.4, -0.2) is 24.5 Å². The van der Waals surface area contributed by atoms with Gasteiger partial charge < -0.3 is 15.5 Å². The highest BCUT2D eigenvalue weighted by Gasteiger charge is 2.30. The molecular weight excluding hydrogens is 410 g/mol. The lowest BCUT2D eigenvalue weighted by molar-refractivity contribution is -0.121. The van der Waals surface area contributed by atoms with Crippen molar-refractivity contribution in [3.8, 4) is 11.1 Å². The van der Waals surface area contributed by atoms with Crippen molar-refractivity contribution in [1.29, 1.82) is 0 Å². The van der Waals surface area contributed by atoms with Crippen molar-refractivity contribution in [2.24, 2.45) is 0 Å². The molecule has 3 amide bonds. The van der Waals surface area contributed by atoms with Gasteiger partial charge in [-0.25, -0.2) is 4.79 Å². The van der Waals surface area contributed by atoms with Crippen molar-refractivity contribution in [2.45, 2.75) is 25.8 Å². The lowest BCUT2D eigenvalue weighted by Gasteiger charge is -2.32. The predicted octanol–water partition coefficient (Wildman–Crippen LogP) is 5.63. The molecule has 1 fully saturated rings. The second-order valence-corrected chi connectivity index (χ2v) is 8.09. The van der Waals surface area contributed by atoms with E-state index in [1.165, 1.54) is 11.1 Å². The van der Waals surface area contributed by atoms with Gasteiger partial charge in [0.05, 0.1) is 0 Å². The van der Waals surface area contributed by atoms with Crippen molar-refractivity contribution in [3.05, 3.63) is 83.4 Å². The number of aryl methyl sites for hydroxylation is 1. The molecule has 0 bridgehead atoms. The summed E-state index contributed by atoms with van der Waals surface area (Å²) in [6.07, 6.45) is 1.43. The van der Waals surface area contributed by atoms with E-state index in [0.29, 0.717) is 23.7 Å². The first-order chi connectivity index (χ1) is 15.0. The average Bonchev–Trinajstić information content (AvgIpc) is 2.77. The fourth-order valence-electron chi connectivity index (χ4n) is 3.84. The van der Waals surface area contributed by atoms with Gasteiger partial charge in [0, 0.05) is 22.9 Å². The van der Waals surface area contributed by atoms with Gasteiger partial charge in [-0.2, -0.15) is 0 Å². The zero-order chi connectivity index (χ0) is 21.8. The standard InChI is InChI=1S/C25H24ClN3O2/c1-17-5-2-3-6-22(17)18-8-14-21(15-9-18)29-16-4-7-23(24(29)30)28-25(31)27-20-12-10-19(26)11-13-20/h2-3,5-6,8-15,23H,4,7,16H2,1H3,(H2,27,28,31)/t23-/m1/s1. The minimum atomic E-state index is -0.558. The first kappa shape index (κ1) is 20.9. The van der Waals surface area contributed by atoms with Gasteiger partial charge >= 0.3 is 6.03 Å². The van der Waals surface area contributed by atoms with Crippen LogP contribution < -0.4 is 15.5 Å². The molecule has 3 aromatic rings. The normalized spacial score (nSPS) is 16.1. The Balaban J connectivity index is 1.43. The van der Waals surface area contributed by atoms with E-state index in [0.717, 1.165) is 17.7 Å². The molecule has 4 rings (SSSR count). The summed E-state index contributed by atoms with van der Waals surface area (Å²) in [5, 5.41) is 6.14. The van der Waals surface area contributed by atoms with E-state index >= 15 is 0 Å². The Kier molecular flexibility index (Phi) is 6.23. The predicted molar refractivity (Wildman–Crippen MR) is 126 cm³/mol. The molecule has 0 saturated carbocycles. The molecule has 5 nitrogen and oxygen atoms in total. The van der Waals surface area contributed by atoms with Gasteiger partial charge in [0.15, 0.2) is 0 Å². The van der Waals surface area contributed by atoms with Crippen molar-refractivity contribution < 1.29 is 9.59 Å². The van der Waals surface area contributed by atoms with Crippen LogP contribution in [0.2, 0.25) is 5.02 Å². The molecule has 158 valence electrons. The van der Waals surface area contributed by atoms with Crippen LogP contribution in [0.5, 0.6) is 0 Å². The van der Waals surface area contributed by atoms with Gasteiger partial charge in [-0.3, -0.25) is 4.79 Å². The van der Waals surface area contributed by atoms with Gasteiger partial charge in [-0.1, -0.05) is 48.0 Å². The maximum Gasteiger partial charge on any atom is 0.319 e. The van der Waals surface area contributed by atoms with E-state index in [1.54, 1.807) is 29.2 Å². The van der Waals surface area contributed by atoms with Crippen molar-refractivity contribution in [1.82, 2.24) is 5.32 Å². The third kappa shape index (κ3) is 4.89. The minimum Gasteiger partial charge on any atom is -0.326 e. The molecule has 1 saturated heterocycles. The Morgan fingerprint density at radius 2 is 1.71 bits per heavy atom. The van der Waals surface area contributed by atoms with E-state index in [4.69, 9.17) is 11.6 Å². The fourth-order valence-corrected chi connectivity index (χ4v) is 3.97. The summed E-state index contributed by atoms with van der Waals surface area (Å²) in [6.45, 7) is 2.72. The summed E-state index contributed by atoms with van der Waals surface area (Å²) in [6, 6.07) is 22.1. The summed E-state index contributed by atoms with van der Waals surface area (Å²) < 4.78 is 0. The number of halogens is 1. The van der Waals surface area contributed by atoms with Gasteiger partial charge in [-0.05, 0) is 72.9 Å². The van der Waals surface area contributed by atoms with Gasteiger partial charge in [0.2, 0.25) is 5.91 Å². The molecular formula is C25H24ClN3O2. The largest absolute Gasteiger partial charge is 0.326 e. The van der Waals surface area contributed by atoms with E-state index in [9.17, 15) is 9.59 Å². The van der Waals surface area contributed by atoms with Crippen LogP contribution in [0.1, 0.15) is 18.4 Å². The van der Waals surface area contributed by atoms with Crippen LogP contribution >= 0.6 is 11.6 Å². The third-order valence-corrected chi connectivity index (χ3v) is 5.73. The molecule has 1 aliphatic rings. The average molecular weight is 434 g/mol. The Labute approximate surface area is 187 Å². The van der Waals surface area contributed by atoms with E-state index in [-0.39, 0.29) is 5.91 Å². The summed E-state index contributed by atoms with van der Waals surface area (Å²) >= 11 is 5.87. The Morgan fingerprint density at radius 1 is 1.00 bits per heavy atom. The van der Waals surface area contributed by atoms with Gasteiger partial charge in [0.25, 0.3) is 0 Å². The number of anilines is 2. The molecule has 6 heteroatoms. The lowest BCUT2D eigenvalue weighted by Crippen LogP contribution is -2.53. The minimum absolute atomic E-state index is 0.0962. The van der Waals surface area contributed by atoms with Crippen LogP contribution in [0, 0.1) is 6.92 Å². The summed E-state index contributed by atoms with van der Waals surface area (Å²) in [5.41, 5.74) is 4.96. The number of benzene rings is 3.